The van der Waals surface area contributed by atoms with Crippen molar-refractivity contribution in [2.75, 3.05) is 38.2 Å². The Bertz CT molecular complexity index is 1130. The second kappa shape index (κ2) is 12.4. The highest BCUT2D eigenvalue weighted by atomic mass is 79.9. The van der Waals surface area contributed by atoms with Crippen molar-refractivity contribution in [3.63, 3.8) is 0 Å². The molecule has 1 aromatic rings. The molecule has 1 aromatic carbocycles. The molecular weight excluding hydrogens is 602 g/mol. The predicted molar refractivity (Wildman–Crippen MR) is 161 cm³/mol. The fraction of sp³-hybridized carbons (Fsp3) is 0.552. The van der Waals surface area contributed by atoms with Crippen LogP contribution in [0.3, 0.4) is 0 Å². The highest BCUT2D eigenvalue weighted by Crippen LogP contribution is 2.68. The van der Waals surface area contributed by atoms with E-state index in [2.05, 4.69) is 29.1 Å². The number of amides is 3. The number of likely N-dealkylation sites (N-methyl/N-ethyl adjacent to an activating group) is 1. The third-order valence-electron chi connectivity index (χ3n) is 8.18. The number of para-hydroxylation sites is 1. The summed E-state index contributed by atoms with van der Waals surface area (Å²) in [7, 11) is 1.73. The number of unbranched alkanes of at least 4 members (excludes halogenated alkanes) is 2. The highest BCUT2D eigenvalue weighted by molar-refractivity contribution is 9.09. The van der Waals surface area contributed by atoms with Crippen molar-refractivity contribution >= 4 is 62.7 Å². The minimum Gasteiger partial charge on any atom is -0.396 e. The highest BCUT2D eigenvalue weighted by Gasteiger charge is 2.76. The Morgan fingerprint density at radius 3 is 2.59 bits per heavy atom. The van der Waals surface area contributed by atoms with Crippen LogP contribution < -0.4 is 4.90 Å². The summed E-state index contributed by atoms with van der Waals surface area (Å²) >= 11 is 12.1. The third-order valence-corrected chi connectivity index (χ3v) is 11.7. The van der Waals surface area contributed by atoms with Gasteiger partial charge >= 0.3 is 0 Å². The molecule has 10 heteroatoms. The Balaban J connectivity index is 1.80. The first-order valence-corrected chi connectivity index (χ1v) is 15.6. The standard InChI is InChI=1S/C29H37BrClN3O4S/c1-5-13-32(4)26(36)21-22-27(37)34(15-8-7-9-16-35)25(29(22)17-19(30)24(21)39-29)28(38)33(14-6-2)23-18(3)11-10-12-20(23)31/h5-6,10-12,19,21-22,24-25,35H,1-2,7-9,13-17H2,3-4H3/t19?,21-,22+,24-,25?,29?/m1/s1. The van der Waals surface area contributed by atoms with Gasteiger partial charge in [0.1, 0.15) is 6.04 Å². The first-order chi connectivity index (χ1) is 18.6. The van der Waals surface area contributed by atoms with Gasteiger partial charge in [0.25, 0.3) is 5.91 Å². The second-order valence-corrected chi connectivity index (χ2v) is 13.8. The summed E-state index contributed by atoms with van der Waals surface area (Å²) in [6, 6.07) is 4.76. The molecule has 3 unspecified atom stereocenters. The van der Waals surface area contributed by atoms with E-state index in [-0.39, 0.29) is 41.0 Å². The van der Waals surface area contributed by atoms with Crippen molar-refractivity contribution in [1.29, 1.82) is 0 Å². The minimum absolute atomic E-state index is 0.00262. The maximum Gasteiger partial charge on any atom is 0.251 e. The van der Waals surface area contributed by atoms with Crippen molar-refractivity contribution in [2.45, 2.75) is 53.5 Å². The quantitative estimate of drug-likeness (QED) is 0.208. The summed E-state index contributed by atoms with van der Waals surface area (Å²) in [6.45, 7) is 10.6. The van der Waals surface area contributed by atoms with Crippen LogP contribution in [-0.2, 0) is 14.4 Å². The SMILES string of the molecule is C=CCN(C)C(=O)[C@H]1[C@@H]2SC3(CC2Br)C(C(=O)N(CC=C)c2c(C)cccc2Cl)N(CCCCCO)C(=O)[C@H]13. The lowest BCUT2D eigenvalue weighted by Crippen LogP contribution is -2.56. The van der Waals surface area contributed by atoms with Gasteiger partial charge in [-0.25, -0.2) is 0 Å². The van der Waals surface area contributed by atoms with E-state index in [1.807, 2.05) is 19.1 Å². The number of halogens is 2. The lowest BCUT2D eigenvalue weighted by Gasteiger charge is -2.38. The van der Waals surface area contributed by atoms with E-state index in [4.69, 9.17) is 11.6 Å². The number of anilines is 1. The first-order valence-electron chi connectivity index (χ1n) is 13.4. The summed E-state index contributed by atoms with van der Waals surface area (Å²) in [6.07, 6.45) is 5.98. The van der Waals surface area contributed by atoms with Crippen molar-refractivity contribution < 1.29 is 19.5 Å². The van der Waals surface area contributed by atoms with Gasteiger partial charge in [0, 0.05) is 43.4 Å². The van der Waals surface area contributed by atoms with Crippen LogP contribution in [-0.4, -0.2) is 86.8 Å². The Morgan fingerprint density at radius 1 is 1.23 bits per heavy atom. The molecule has 1 N–H and O–H groups in total. The fourth-order valence-corrected chi connectivity index (χ4v) is 10.5. The Hall–Kier alpha value is -1.81. The lowest BCUT2D eigenvalue weighted by molar-refractivity contribution is -0.143. The average Bonchev–Trinajstić information content (AvgIpc) is 3.48. The molecule has 3 heterocycles. The second-order valence-electron chi connectivity index (χ2n) is 10.6. The molecule has 3 aliphatic rings. The Morgan fingerprint density at radius 2 is 1.95 bits per heavy atom. The largest absolute Gasteiger partial charge is 0.396 e. The Kier molecular flexibility index (Phi) is 9.56. The maximum absolute atomic E-state index is 14.7. The summed E-state index contributed by atoms with van der Waals surface area (Å²) in [5.41, 5.74) is 1.47. The van der Waals surface area contributed by atoms with E-state index in [0.29, 0.717) is 43.1 Å². The van der Waals surface area contributed by atoms with Crippen LogP contribution >= 0.6 is 39.3 Å². The Labute approximate surface area is 248 Å². The van der Waals surface area contributed by atoms with Crippen molar-refractivity contribution in [2.24, 2.45) is 11.8 Å². The van der Waals surface area contributed by atoms with Gasteiger partial charge in [0.2, 0.25) is 11.8 Å². The molecule has 0 aromatic heterocycles. The molecule has 4 rings (SSSR count). The maximum atomic E-state index is 14.7. The van der Waals surface area contributed by atoms with Gasteiger partial charge in [0.05, 0.1) is 27.3 Å². The van der Waals surface area contributed by atoms with Crippen molar-refractivity contribution in [3.05, 3.63) is 54.1 Å². The number of thioether (sulfide) groups is 1. The van der Waals surface area contributed by atoms with Crippen LogP contribution in [0, 0.1) is 18.8 Å². The van der Waals surface area contributed by atoms with Crippen LogP contribution in [0.5, 0.6) is 0 Å². The van der Waals surface area contributed by atoms with Crippen LogP contribution in [0.15, 0.2) is 43.5 Å². The first kappa shape index (κ1) is 30.2. The predicted octanol–water partition coefficient (Wildman–Crippen LogP) is 4.44. The number of likely N-dealkylation sites (tertiary alicyclic amines) is 1. The fourth-order valence-electron chi connectivity index (χ4n) is 6.57. The molecule has 3 aliphatic heterocycles. The van der Waals surface area contributed by atoms with E-state index >= 15 is 0 Å². The van der Waals surface area contributed by atoms with Crippen molar-refractivity contribution in [3.8, 4) is 0 Å². The number of aliphatic hydroxyl groups is 1. The number of nitrogens with zero attached hydrogens (tertiary/aromatic N) is 3. The number of benzene rings is 1. The van der Waals surface area contributed by atoms with Crippen LogP contribution in [0.2, 0.25) is 5.02 Å². The molecule has 3 fully saturated rings. The number of aliphatic hydroxyl groups excluding tert-OH is 1. The van der Waals surface area contributed by atoms with E-state index in [9.17, 15) is 19.5 Å². The van der Waals surface area contributed by atoms with E-state index in [0.717, 1.165) is 12.0 Å². The number of aryl methyl sites for hydroxylation is 1. The summed E-state index contributed by atoms with van der Waals surface area (Å²) in [5.74, 6) is -1.55. The number of carbonyl (C=O) groups excluding carboxylic acids is 3. The molecule has 212 valence electrons. The van der Waals surface area contributed by atoms with Crippen LogP contribution in [0.4, 0.5) is 5.69 Å². The number of fused-ring (bicyclic) bond motifs is 1. The zero-order chi connectivity index (χ0) is 28.5. The molecule has 0 saturated carbocycles. The van der Waals surface area contributed by atoms with Crippen LogP contribution in [0.1, 0.15) is 31.2 Å². The monoisotopic (exact) mass is 637 g/mol. The van der Waals surface area contributed by atoms with E-state index in [1.165, 1.54) is 0 Å². The molecule has 1 spiro atoms. The molecule has 39 heavy (non-hydrogen) atoms. The summed E-state index contributed by atoms with van der Waals surface area (Å²) < 4.78 is -0.742. The molecule has 3 saturated heterocycles. The average molecular weight is 639 g/mol. The zero-order valence-corrected chi connectivity index (χ0v) is 25.7. The molecule has 0 aliphatic carbocycles. The summed E-state index contributed by atoms with van der Waals surface area (Å²) in [5, 5.41) is 9.62. The number of alkyl halides is 1. The van der Waals surface area contributed by atoms with Gasteiger partial charge in [-0.15, -0.1) is 24.9 Å². The van der Waals surface area contributed by atoms with Crippen LogP contribution in [0.25, 0.3) is 0 Å². The molecular formula is C29H37BrClN3O4S. The van der Waals surface area contributed by atoms with E-state index < -0.39 is 22.6 Å². The smallest absolute Gasteiger partial charge is 0.251 e. The number of carbonyl (C=O) groups is 3. The van der Waals surface area contributed by atoms with Crippen molar-refractivity contribution in [1.82, 2.24) is 9.80 Å². The van der Waals surface area contributed by atoms with Gasteiger partial charge in [0.15, 0.2) is 0 Å². The number of hydrogen-bond acceptors (Lipinski definition) is 5. The van der Waals surface area contributed by atoms with Gasteiger partial charge in [-0.2, -0.15) is 0 Å². The summed E-state index contributed by atoms with van der Waals surface area (Å²) in [4.78, 5) is 47.6. The van der Waals surface area contributed by atoms with E-state index in [1.54, 1.807) is 51.7 Å². The lowest BCUT2D eigenvalue weighted by atomic mass is 9.70. The molecule has 0 radical (unpaired) electrons. The molecule has 3 amide bonds. The normalized spacial score (nSPS) is 28.9. The molecule has 6 atom stereocenters. The topological polar surface area (TPSA) is 81.2 Å². The van der Waals surface area contributed by atoms with Gasteiger partial charge in [-0.1, -0.05) is 51.8 Å². The minimum atomic E-state index is -0.752. The molecule has 7 nitrogen and oxygen atoms in total. The number of hydrogen-bond donors (Lipinski definition) is 1. The van der Waals surface area contributed by atoms with Gasteiger partial charge < -0.3 is 19.8 Å². The zero-order valence-electron chi connectivity index (χ0n) is 22.5. The number of rotatable bonds is 12. The molecule has 2 bridgehead atoms. The third kappa shape index (κ3) is 5.20. The van der Waals surface area contributed by atoms with Gasteiger partial charge in [-0.05, 0) is 44.2 Å². The van der Waals surface area contributed by atoms with Gasteiger partial charge in [-0.3, -0.25) is 14.4 Å².